The molecule has 142 valence electrons. The summed E-state index contributed by atoms with van der Waals surface area (Å²) in [5.74, 6) is 1.87. The third-order valence-corrected chi connectivity index (χ3v) is 5.80. The van der Waals surface area contributed by atoms with Gasteiger partial charge in [-0.25, -0.2) is 0 Å². The number of rotatable bonds is 4. The molecule has 28 heavy (non-hydrogen) atoms. The number of fused-ring (bicyclic) bond motifs is 1. The van der Waals surface area contributed by atoms with Crippen LogP contribution in [0, 0.1) is 0 Å². The number of ether oxygens (including phenoxy) is 3. The fourth-order valence-electron chi connectivity index (χ4n) is 3.32. The highest BCUT2D eigenvalue weighted by molar-refractivity contribution is 8.00. The first-order valence-corrected chi connectivity index (χ1v) is 9.85. The Morgan fingerprint density at radius 3 is 2.68 bits per heavy atom. The van der Waals surface area contributed by atoms with Crippen molar-refractivity contribution in [1.82, 2.24) is 14.8 Å². The summed E-state index contributed by atoms with van der Waals surface area (Å²) in [6.07, 6.45) is 0.580. The lowest BCUT2D eigenvalue weighted by Crippen LogP contribution is -2.11. The Hall–Kier alpha value is -3.00. The predicted octanol–water partition coefficient (Wildman–Crippen LogP) is 3.46. The number of cyclic esters (lactones) is 1. The van der Waals surface area contributed by atoms with Crippen LogP contribution in [0.3, 0.4) is 0 Å². The molecule has 0 bridgehead atoms. The van der Waals surface area contributed by atoms with Crippen LogP contribution in [0.1, 0.15) is 13.3 Å². The molecule has 7 nitrogen and oxygen atoms in total. The Labute approximate surface area is 165 Å². The van der Waals surface area contributed by atoms with E-state index in [1.165, 1.54) is 11.8 Å². The van der Waals surface area contributed by atoms with Gasteiger partial charge < -0.3 is 14.2 Å². The molecule has 3 heterocycles. The van der Waals surface area contributed by atoms with Crippen molar-refractivity contribution in [3.05, 3.63) is 48.5 Å². The first-order valence-electron chi connectivity index (χ1n) is 8.97. The number of carbonyl (C=O) groups excluding carboxylic acids is 1. The number of aromatic nitrogens is 3. The first-order chi connectivity index (χ1) is 13.7. The largest absolute Gasteiger partial charge is 0.462 e. The third-order valence-electron chi connectivity index (χ3n) is 4.65. The van der Waals surface area contributed by atoms with Gasteiger partial charge in [-0.05, 0) is 37.3 Å². The highest BCUT2D eigenvalue weighted by atomic mass is 32.2. The molecule has 3 aromatic rings. The third kappa shape index (κ3) is 2.99. The van der Waals surface area contributed by atoms with E-state index in [9.17, 15) is 4.79 Å². The van der Waals surface area contributed by atoms with Crippen LogP contribution in [0.2, 0.25) is 0 Å². The second-order valence-electron chi connectivity index (χ2n) is 6.63. The van der Waals surface area contributed by atoms with E-state index in [1.54, 1.807) is 0 Å². The van der Waals surface area contributed by atoms with E-state index in [2.05, 4.69) is 10.2 Å². The molecule has 0 spiro atoms. The van der Waals surface area contributed by atoms with Gasteiger partial charge in [0.2, 0.25) is 6.79 Å². The van der Waals surface area contributed by atoms with Gasteiger partial charge in [-0.15, -0.1) is 10.2 Å². The summed E-state index contributed by atoms with van der Waals surface area (Å²) in [6.45, 7) is 2.12. The van der Waals surface area contributed by atoms with Crippen molar-refractivity contribution in [1.29, 1.82) is 0 Å². The van der Waals surface area contributed by atoms with E-state index < -0.39 is 0 Å². The zero-order valence-electron chi connectivity index (χ0n) is 15.1. The number of para-hydroxylation sites is 1. The molecule has 0 saturated carbocycles. The molecule has 2 aliphatic rings. The van der Waals surface area contributed by atoms with E-state index >= 15 is 0 Å². The number of carbonyl (C=O) groups is 1. The van der Waals surface area contributed by atoms with Gasteiger partial charge in [0, 0.05) is 17.7 Å². The van der Waals surface area contributed by atoms with Crippen molar-refractivity contribution in [3.63, 3.8) is 0 Å². The lowest BCUT2D eigenvalue weighted by Gasteiger charge is -2.11. The zero-order chi connectivity index (χ0) is 19.1. The van der Waals surface area contributed by atoms with Crippen LogP contribution in [-0.4, -0.2) is 38.9 Å². The Morgan fingerprint density at radius 1 is 1.07 bits per heavy atom. The minimum atomic E-state index is -0.286. The summed E-state index contributed by atoms with van der Waals surface area (Å²) in [5.41, 5.74) is 1.77. The summed E-state index contributed by atoms with van der Waals surface area (Å²) in [6, 6.07) is 15.5. The van der Waals surface area contributed by atoms with Crippen LogP contribution in [0.25, 0.3) is 17.1 Å². The normalized spacial score (nSPS) is 20.4. The smallest absolute Gasteiger partial charge is 0.319 e. The Bertz CT molecular complexity index is 1040. The summed E-state index contributed by atoms with van der Waals surface area (Å²) < 4.78 is 18.1. The minimum Gasteiger partial charge on any atom is -0.462 e. The lowest BCUT2D eigenvalue weighted by molar-refractivity contribution is -0.140. The van der Waals surface area contributed by atoms with Crippen molar-refractivity contribution in [2.45, 2.75) is 29.9 Å². The molecule has 2 unspecified atom stereocenters. The van der Waals surface area contributed by atoms with Crippen LogP contribution in [-0.2, 0) is 9.53 Å². The molecule has 0 amide bonds. The molecule has 5 rings (SSSR count). The van der Waals surface area contributed by atoms with E-state index in [0.29, 0.717) is 28.9 Å². The molecule has 1 saturated heterocycles. The summed E-state index contributed by atoms with van der Waals surface area (Å²) in [4.78, 5) is 12.1. The molecule has 1 fully saturated rings. The Balaban J connectivity index is 1.58. The van der Waals surface area contributed by atoms with Crippen molar-refractivity contribution in [2.24, 2.45) is 0 Å². The van der Waals surface area contributed by atoms with Gasteiger partial charge in [0.15, 0.2) is 22.5 Å². The second-order valence-corrected chi connectivity index (χ2v) is 7.80. The zero-order valence-corrected chi connectivity index (χ0v) is 15.9. The molecule has 0 radical (unpaired) electrons. The molecule has 8 heteroatoms. The topological polar surface area (TPSA) is 75.5 Å². The predicted molar refractivity (Wildman–Crippen MR) is 103 cm³/mol. The number of nitrogens with zero attached hydrogens (tertiary/aromatic N) is 3. The van der Waals surface area contributed by atoms with E-state index in [0.717, 1.165) is 11.3 Å². The fourth-order valence-corrected chi connectivity index (χ4v) is 4.48. The summed E-state index contributed by atoms with van der Waals surface area (Å²) in [5, 5.41) is 9.16. The highest BCUT2D eigenvalue weighted by Crippen LogP contribution is 2.38. The molecule has 2 aromatic carbocycles. The molecule has 0 aliphatic carbocycles. The highest BCUT2D eigenvalue weighted by Gasteiger charge is 2.34. The van der Waals surface area contributed by atoms with E-state index in [-0.39, 0.29) is 24.1 Å². The SMILES string of the molecule is CC1CC(Sc2nnc(-c3ccc4c(c3)OCO4)n2-c2ccccc2)C(=O)O1. The van der Waals surface area contributed by atoms with Crippen LogP contribution in [0.15, 0.2) is 53.7 Å². The Kier molecular flexibility index (Phi) is 4.20. The quantitative estimate of drug-likeness (QED) is 0.626. The number of esters is 1. The first kappa shape index (κ1) is 17.1. The van der Waals surface area contributed by atoms with Gasteiger partial charge >= 0.3 is 5.97 Å². The maximum Gasteiger partial charge on any atom is 0.319 e. The molecule has 2 aliphatic heterocycles. The van der Waals surface area contributed by atoms with Crippen LogP contribution < -0.4 is 9.47 Å². The number of thioether (sulfide) groups is 1. The van der Waals surface area contributed by atoms with Crippen LogP contribution in [0.5, 0.6) is 11.5 Å². The minimum absolute atomic E-state index is 0.0774. The molecule has 2 atom stereocenters. The van der Waals surface area contributed by atoms with E-state index in [1.807, 2.05) is 60.0 Å². The van der Waals surface area contributed by atoms with Crippen LogP contribution >= 0.6 is 11.8 Å². The lowest BCUT2D eigenvalue weighted by atomic mass is 10.2. The number of benzene rings is 2. The average Bonchev–Trinajstić information content (AvgIpc) is 3.41. The van der Waals surface area contributed by atoms with Gasteiger partial charge in [-0.3, -0.25) is 9.36 Å². The van der Waals surface area contributed by atoms with Crippen molar-refractivity contribution < 1.29 is 19.0 Å². The van der Waals surface area contributed by atoms with Gasteiger partial charge in [-0.2, -0.15) is 0 Å². The molecule has 0 N–H and O–H groups in total. The Morgan fingerprint density at radius 2 is 1.89 bits per heavy atom. The van der Waals surface area contributed by atoms with Crippen molar-refractivity contribution in [2.75, 3.05) is 6.79 Å². The number of hydrogen-bond acceptors (Lipinski definition) is 7. The summed E-state index contributed by atoms with van der Waals surface area (Å²) >= 11 is 1.38. The fraction of sp³-hybridized carbons (Fsp3) is 0.250. The second kappa shape index (κ2) is 6.87. The van der Waals surface area contributed by atoms with E-state index in [4.69, 9.17) is 14.2 Å². The maximum absolute atomic E-state index is 12.1. The molecular weight excluding hydrogens is 378 g/mol. The maximum atomic E-state index is 12.1. The molecular formula is C20H17N3O4S. The average molecular weight is 395 g/mol. The molecule has 1 aromatic heterocycles. The monoisotopic (exact) mass is 395 g/mol. The van der Waals surface area contributed by atoms with Gasteiger partial charge in [0.25, 0.3) is 0 Å². The van der Waals surface area contributed by atoms with Crippen molar-refractivity contribution in [3.8, 4) is 28.6 Å². The van der Waals surface area contributed by atoms with Crippen LogP contribution in [0.4, 0.5) is 0 Å². The van der Waals surface area contributed by atoms with Crippen molar-refractivity contribution >= 4 is 17.7 Å². The van der Waals surface area contributed by atoms with Gasteiger partial charge in [0.1, 0.15) is 11.4 Å². The van der Waals surface area contributed by atoms with Gasteiger partial charge in [0.05, 0.1) is 0 Å². The standard InChI is InChI=1S/C20H17N3O4S/c1-12-9-17(19(24)27-12)28-20-22-21-18(23(20)14-5-3-2-4-6-14)13-7-8-15-16(10-13)26-11-25-15/h2-8,10,12,17H,9,11H2,1H3. The number of hydrogen-bond donors (Lipinski definition) is 0. The van der Waals surface area contributed by atoms with Gasteiger partial charge in [-0.1, -0.05) is 30.0 Å². The summed E-state index contributed by atoms with van der Waals surface area (Å²) in [7, 11) is 0.